The average Bonchev–Trinajstić information content (AvgIpc) is 3.18. The normalized spacial score (nSPS) is 12.5. The Morgan fingerprint density at radius 2 is 2.13 bits per heavy atom. The molecule has 0 fully saturated rings. The first-order valence-corrected chi connectivity index (χ1v) is 8.66. The summed E-state index contributed by atoms with van der Waals surface area (Å²) >= 11 is 1.44. The molecule has 3 aromatic rings. The number of hydrogen-bond donors (Lipinski definition) is 1. The number of amides is 1. The van der Waals surface area contributed by atoms with Crippen molar-refractivity contribution in [3.8, 4) is 0 Å². The molecule has 0 spiro atoms. The standard InChI is InChI=1S/C17H20N4OS/c1-4-15-18-10-14(23-15)17(22)19-11(3)16-20-12-8-6-7-9-13(12)21(16)5-2/h6-11H,4-5H2,1-3H3,(H,19,22). The van der Waals surface area contributed by atoms with Gasteiger partial charge < -0.3 is 9.88 Å². The van der Waals surface area contributed by atoms with Gasteiger partial charge in [-0.2, -0.15) is 0 Å². The summed E-state index contributed by atoms with van der Waals surface area (Å²) in [6.07, 6.45) is 2.49. The Hall–Kier alpha value is -2.21. The van der Waals surface area contributed by atoms with Crippen molar-refractivity contribution >= 4 is 28.3 Å². The van der Waals surface area contributed by atoms with Crippen molar-refractivity contribution in [1.82, 2.24) is 19.9 Å². The van der Waals surface area contributed by atoms with Crippen molar-refractivity contribution in [2.75, 3.05) is 0 Å². The minimum absolute atomic E-state index is 0.0931. The minimum atomic E-state index is -0.165. The fourth-order valence-corrected chi connectivity index (χ4v) is 3.43. The van der Waals surface area contributed by atoms with Crippen LogP contribution in [-0.4, -0.2) is 20.4 Å². The maximum Gasteiger partial charge on any atom is 0.263 e. The lowest BCUT2D eigenvalue weighted by atomic mass is 10.3. The molecule has 6 heteroatoms. The smallest absolute Gasteiger partial charge is 0.263 e. The zero-order valence-electron chi connectivity index (χ0n) is 13.5. The van der Waals surface area contributed by atoms with Crippen LogP contribution in [0.3, 0.4) is 0 Å². The van der Waals surface area contributed by atoms with Crippen LogP contribution >= 0.6 is 11.3 Å². The summed E-state index contributed by atoms with van der Waals surface area (Å²) in [4.78, 5) is 22.0. The van der Waals surface area contributed by atoms with Crippen LogP contribution in [0.2, 0.25) is 0 Å². The molecule has 0 aliphatic heterocycles. The van der Waals surface area contributed by atoms with Crippen molar-refractivity contribution < 1.29 is 4.79 Å². The van der Waals surface area contributed by atoms with E-state index >= 15 is 0 Å². The molecule has 1 aromatic carbocycles. The first kappa shape index (κ1) is 15.7. The Labute approximate surface area is 139 Å². The third-order valence-corrected chi connectivity index (χ3v) is 4.96. The van der Waals surface area contributed by atoms with Gasteiger partial charge in [0.05, 0.1) is 28.3 Å². The first-order valence-electron chi connectivity index (χ1n) is 7.84. The number of imidazole rings is 1. The quantitative estimate of drug-likeness (QED) is 0.779. The fraction of sp³-hybridized carbons (Fsp3) is 0.353. The number of rotatable bonds is 5. The number of hydrogen-bond acceptors (Lipinski definition) is 4. The van der Waals surface area contributed by atoms with Gasteiger partial charge in [0, 0.05) is 6.54 Å². The van der Waals surface area contributed by atoms with Gasteiger partial charge in [0.1, 0.15) is 10.7 Å². The number of thiazole rings is 1. The van der Waals surface area contributed by atoms with Gasteiger partial charge in [0.15, 0.2) is 0 Å². The second-order valence-corrected chi connectivity index (χ2v) is 6.49. The van der Waals surface area contributed by atoms with E-state index in [1.54, 1.807) is 6.20 Å². The molecule has 2 aromatic heterocycles. The lowest BCUT2D eigenvalue weighted by molar-refractivity contribution is 0.0941. The van der Waals surface area contributed by atoms with Crippen LogP contribution in [0.4, 0.5) is 0 Å². The topological polar surface area (TPSA) is 59.8 Å². The highest BCUT2D eigenvalue weighted by Gasteiger charge is 2.19. The van der Waals surface area contributed by atoms with E-state index in [2.05, 4.69) is 32.8 Å². The number of nitrogens with one attached hydrogen (secondary N) is 1. The summed E-state index contributed by atoms with van der Waals surface area (Å²) in [5.74, 6) is 0.784. The number of carbonyl (C=O) groups is 1. The molecule has 23 heavy (non-hydrogen) atoms. The van der Waals surface area contributed by atoms with E-state index in [1.807, 2.05) is 32.0 Å². The third kappa shape index (κ3) is 2.99. The largest absolute Gasteiger partial charge is 0.342 e. The lowest BCUT2D eigenvalue weighted by Crippen LogP contribution is -2.28. The van der Waals surface area contributed by atoms with E-state index < -0.39 is 0 Å². The number of benzene rings is 1. The number of para-hydroxylation sites is 2. The molecule has 1 amide bonds. The number of nitrogens with zero attached hydrogens (tertiary/aromatic N) is 3. The molecule has 1 atom stereocenters. The highest BCUT2D eigenvalue weighted by molar-refractivity contribution is 7.13. The van der Waals surface area contributed by atoms with Crippen LogP contribution < -0.4 is 5.32 Å². The van der Waals surface area contributed by atoms with Crippen molar-refractivity contribution in [1.29, 1.82) is 0 Å². The van der Waals surface area contributed by atoms with Crippen LogP contribution in [-0.2, 0) is 13.0 Å². The second kappa shape index (κ2) is 6.50. The zero-order valence-corrected chi connectivity index (χ0v) is 14.4. The Balaban J connectivity index is 1.85. The van der Waals surface area contributed by atoms with Gasteiger partial charge in [-0.05, 0) is 32.4 Å². The summed E-state index contributed by atoms with van der Waals surface area (Å²) in [5.41, 5.74) is 2.05. The Morgan fingerprint density at radius 3 is 2.83 bits per heavy atom. The highest BCUT2D eigenvalue weighted by Crippen LogP contribution is 2.21. The molecule has 1 N–H and O–H groups in total. The third-order valence-electron chi connectivity index (χ3n) is 3.82. The maximum absolute atomic E-state index is 12.4. The van der Waals surface area contributed by atoms with Crippen LogP contribution in [0, 0.1) is 0 Å². The molecule has 0 saturated carbocycles. The van der Waals surface area contributed by atoms with Crippen molar-refractivity contribution in [3.05, 3.63) is 46.2 Å². The number of aryl methyl sites for hydroxylation is 2. The molecule has 1 unspecified atom stereocenters. The van der Waals surface area contributed by atoms with Gasteiger partial charge in [-0.3, -0.25) is 4.79 Å². The van der Waals surface area contributed by atoms with E-state index in [9.17, 15) is 4.79 Å². The van der Waals surface area contributed by atoms with Crippen LogP contribution in [0.15, 0.2) is 30.5 Å². The number of carbonyl (C=O) groups excluding carboxylic acids is 1. The summed E-state index contributed by atoms with van der Waals surface area (Å²) < 4.78 is 2.14. The Morgan fingerprint density at radius 1 is 1.35 bits per heavy atom. The van der Waals surface area contributed by atoms with E-state index in [1.165, 1.54) is 11.3 Å². The highest BCUT2D eigenvalue weighted by atomic mass is 32.1. The van der Waals surface area contributed by atoms with Gasteiger partial charge in [0.25, 0.3) is 5.91 Å². The van der Waals surface area contributed by atoms with Gasteiger partial charge in [-0.1, -0.05) is 19.1 Å². The zero-order chi connectivity index (χ0) is 16.4. The lowest BCUT2D eigenvalue weighted by Gasteiger charge is -2.14. The SMILES string of the molecule is CCc1ncc(C(=O)NC(C)c2nc3ccccc3n2CC)s1. The summed E-state index contributed by atoms with van der Waals surface area (Å²) in [7, 11) is 0. The van der Waals surface area contributed by atoms with Gasteiger partial charge in [-0.15, -0.1) is 11.3 Å². The summed E-state index contributed by atoms with van der Waals surface area (Å²) in [6.45, 7) is 6.90. The van der Waals surface area contributed by atoms with Crippen molar-refractivity contribution in [2.45, 2.75) is 39.8 Å². The van der Waals surface area contributed by atoms with Crippen LogP contribution in [0.5, 0.6) is 0 Å². The predicted molar refractivity (Wildman–Crippen MR) is 92.8 cm³/mol. The van der Waals surface area contributed by atoms with Crippen molar-refractivity contribution in [3.63, 3.8) is 0 Å². The van der Waals surface area contributed by atoms with Crippen molar-refractivity contribution in [2.24, 2.45) is 0 Å². The van der Waals surface area contributed by atoms with Crippen LogP contribution in [0.25, 0.3) is 11.0 Å². The molecular formula is C17H20N4OS. The van der Waals surface area contributed by atoms with E-state index in [0.29, 0.717) is 4.88 Å². The Kier molecular flexibility index (Phi) is 4.43. The number of aromatic nitrogens is 3. The van der Waals surface area contributed by atoms with Gasteiger partial charge in [-0.25, -0.2) is 9.97 Å². The summed E-state index contributed by atoms with van der Waals surface area (Å²) in [5, 5.41) is 4.01. The monoisotopic (exact) mass is 328 g/mol. The molecular weight excluding hydrogens is 308 g/mol. The molecule has 120 valence electrons. The van der Waals surface area contributed by atoms with E-state index in [0.717, 1.165) is 34.8 Å². The maximum atomic E-state index is 12.4. The molecule has 5 nitrogen and oxygen atoms in total. The summed E-state index contributed by atoms with van der Waals surface area (Å²) in [6, 6.07) is 7.87. The average molecular weight is 328 g/mol. The molecule has 0 aliphatic rings. The fourth-order valence-electron chi connectivity index (χ4n) is 2.67. The number of fused-ring (bicyclic) bond motifs is 1. The molecule has 0 saturated heterocycles. The molecule has 0 radical (unpaired) electrons. The van der Waals surface area contributed by atoms with Gasteiger partial charge >= 0.3 is 0 Å². The predicted octanol–water partition coefficient (Wildman–Crippen LogP) is 3.57. The van der Waals surface area contributed by atoms with Gasteiger partial charge in [0.2, 0.25) is 0 Å². The molecule has 3 rings (SSSR count). The first-order chi connectivity index (χ1) is 11.1. The molecule has 0 aliphatic carbocycles. The Bertz CT molecular complexity index is 836. The van der Waals surface area contributed by atoms with E-state index in [4.69, 9.17) is 0 Å². The molecule has 2 heterocycles. The second-order valence-electron chi connectivity index (χ2n) is 5.37. The minimum Gasteiger partial charge on any atom is -0.342 e. The van der Waals surface area contributed by atoms with E-state index in [-0.39, 0.29) is 11.9 Å². The van der Waals surface area contributed by atoms with Crippen LogP contribution in [0.1, 0.15) is 47.3 Å². The molecule has 0 bridgehead atoms.